The van der Waals surface area contributed by atoms with Gasteiger partial charge in [-0.15, -0.1) is 0 Å². The number of hydrogen-bond donors (Lipinski definition) is 4. The number of H-pyrrole nitrogens is 2. The van der Waals surface area contributed by atoms with Crippen LogP contribution in [0.4, 0.5) is 11.4 Å². The molecular formula is C28H18N8. The lowest BCUT2D eigenvalue weighted by atomic mass is 10.0. The third kappa shape index (κ3) is 3.85. The second-order valence-corrected chi connectivity index (χ2v) is 8.27. The van der Waals surface area contributed by atoms with Crippen molar-refractivity contribution in [1.29, 1.82) is 10.5 Å². The molecule has 0 unspecified atom stereocenters. The van der Waals surface area contributed by atoms with Crippen molar-refractivity contribution in [1.82, 2.24) is 19.9 Å². The van der Waals surface area contributed by atoms with Gasteiger partial charge in [-0.2, -0.15) is 10.5 Å². The summed E-state index contributed by atoms with van der Waals surface area (Å²) in [7, 11) is 0. The van der Waals surface area contributed by atoms with E-state index in [1.54, 1.807) is 0 Å². The average Bonchev–Trinajstić information content (AvgIpc) is 3.53. The van der Waals surface area contributed by atoms with Gasteiger partial charge in [0.1, 0.15) is 11.6 Å². The lowest BCUT2D eigenvalue weighted by Crippen LogP contribution is -1.88. The van der Waals surface area contributed by atoms with E-state index in [4.69, 9.17) is 20.5 Å². The number of fused-ring (bicyclic) bond motifs is 2. The van der Waals surface area contributed by atoms with Crippen LogP contribution in [0.3, 0.4) is 0 Å². The SMILES string of the molecule is N#CNc1cccc(-c2nc3cc(-c4ccc5[nH]c(-c6cccc(NC#N)c6)nc5c4)ccc3[nH]2)c1. The lowest BCUT2D eigenvalue weighted by molar-refractivity contribution is 1.33. The molecule has 0 aliphatic rings. The van der Waals surface area contributed by atoms with Crippen LogP contribution >= 0.6 is 0 Å². The van der Waals surface area contributed by atoms with Crippen molar-refractivity contribution in [2.75, 3.05) is 10.6 Å². The minimum Gasteiger partial charge on any atom is -0.338 e. The second kappa shape index (κ2) is 8.64. The predicted octanol–water partition coefficient (Wildman–Crippen LogP) is 6.23. The smallest absolute Gasteiger partial charge is 0.181 e. The summed E-state index contributed by atoms with van der Waals surface area (Å²) in [5.74, 6) is 1.48. The van der Waals surface area contributed by atoms with Crippen molar-refractivity contribution < 1.29 is 0 Å². The third-order valence-corrected chi connectivity index (χ3v) is 5.97. The maximum atomic E-state index is 8.89. The molecule has 4 N–H and O–H groups in total. The molecule has 0 radical (unpaired) electrons. The summed E-state index contributed by atoms with van der Waals surface area (Å²) >= 11 is 0. The van der Waals surface area contributed by atoms with Crippen LogP contribution < -0.4 is 10.6 Å². The maximum Gasteiger partial charge on any atom is 0.181 e. The van der Waals surface area contributed by atoms with Crippen molar-refractivity contribution in [2.45, 2.75) is 0 Å². The van der Waals surface area contributed by atoms with Crippen LogP contribution in [0.2, 0.25) is 0 Å². The fourth-order valence-corrected chi connectivity index (χ4v) is 4.26. The number of aromatic amines is 2. The Hall–Kier alpha value is -5.60. The summed E-state index contributed by atoms with van der Waals surface area (Å²) in [5, 5.41) is 23.1. The van der Waals surface area contributed by atoms with E-state index < -0.39 is 0 Å². The van der Waals surface area contributed by atoms with Gasteiger partial charge in [-0.05, 0) is 59.7 Å². The molecule has 8 heteroatoms. The summed E-state index contributed by atoms with van der Waals surface area (Å²) in [4.78, 5) is 16.3. The van der Waals surface area contributed by atoms with Gasteiger partial charge in [-0.1, -0.05) is 36.4 Å². The first-order valence-corrected chi connectivity index (χ1v) is 11.2. The van der Waals surface area contributed by atoms with E-state index in [0.29, 0.717) is 0 Å². The highest BCUT2D eigenvalue weighted by molar-refractivity contribution is 5.89. The number of hydrogen-bond acceptors (Lipinski definition) is 6. The highest BCUT2D eigenvalue weighted by atomic mass is 14.9. The first-order chi connectivity index (χ1) is 17.7. The minimum absolute atomic E-state index is 0.718. The maximum absolute atomic E-state index is 8.89. The van der Waals surface area contributed by atoms with Gasteiger partial charge in [0.15, 0.2) is 12.4 Å². The number of rotatable bonds is 5. The van der Waals surface area contributed by atoms with E-state index in [-0.39, 0.29) is 0 Å². The molecule has 0 saturated heterocycles. The largest absolute Gasteiger partial charge is 0.338 e. The Labute approximate surface area is 205 Å². The van der Waals surface area contributed by atoms with Crippen LogP contribution in [0.25, 0.3) is 56.0 Å². The number of aromatic nitrogens is 4. The normalized spacial score (nSPS) is 10.7. The number of nitrogens with zero attached hydrogens (tertiary/aromatic N) is 4. The Bertz CT molecular complexity index is 1700. The minimum atomic E-state index is 0.718. The van der Waals surface area contributed by atoms with Gasteiger partial charge >= 0.3 is 0 Å². The molecule has 0 aliphatic heterocycles. The van der Waals surface area contributed by atoms with Gasteiger partial charge in [0.05, 0.1) is 22.1 Å². The van der Waals surface area contributed by atoms with Crippen molar-refractivity contribution in [2.24, 2.45) is 0 Å². The quantitative estimate of drug-likeness (QED) is 0.176. The Kier molecular flexibility index (Phi) is 5.03. The molecule has 0 spiro atoms. The number of benzene rings is 4. The van der Waals surface area contributed by atoms with Gasteiger partial charge in [0, 0.05) is 22.5 Å². The van der Waals surface area contributed by atoms with Gasteiger partial charge in [0.2, 0.25) is 0 Å². The molecule has 0 saturated carbocycles. The highest BCUT2D eigenvalue weighted by Crippen LogP contribution is 2.30. The first kappa shape index (κ1) is 21.0. The number of anilines is 2. The molecular weight excluding hydrogens is 448 g/mol. The topological polar surface area (TPSA) is 129 Å². The molecule has 6 rings (SSSR count). The van der Waals surface area contributed by atoms with Gasteiger partial charge in [-0.25, -0.2) is 9.97 Å². The number of nitrogens with one attached hydrogen (secondary N) is 4. The Balaban J connectivity index is 1.34. The molecule has 0 fully saturated rings. The van der Waals surface area contributed by atoms with E-state index >= 15 is 0 Å². The Morgan fingerprint density at radius 3 is 1.47 bits per heavy atom. The van der Waals surface area contributed by atoms with Crippen LogP contribution in [0, 0.1) is 22.9 Å². The van der Waals surface area contributed by atoms with Crippen molar-refractivity contribution in [3.8, 4) is 46.3 Å². The zero-order valence-electron chi connectivity index (χ0n) is 18.9. The van der Waals surface area contributed by atoms with Crippen LogP contribution in [0.1, 0.15) is 0 Å². The first-order valence-electron chi connectivity index (χ1n) is 11.2. The summed E-state index contributed by atoms with van der Waals surface area (Å²) in [6.45, 7) is 0. The van der Waals surface area contributed by atoms with E-state index in [1.807, 2.05) is 73.0 Å². The number of imidazole rings is 2. The summed E-state index contributed by atoms with van der Waals surface area (Å²) < 4.78 is 0. The molecule has 36 heavy (non-hydrogen) atoms. The zero-order valence-corrected chi connectivity index (χ0v) is 18.9. The molecule has 4 aromatic carbocycles. The monoisotopic (exact) mass is 466 g/mol. The third-order valence-electron chi connectivity index (χ3n) is 5.97. The Morgan fingerprint density at radius 2 is 1.03 bits per heavy atom. The molecule has 0 bridgehead atoms. The lowest BCUT2D eigenvalue weighted by Gasteiger charge is -2.01. The van der Waals surface area contributed by atoms with Crippen LogP contribution in [0.5, 0.6) is 0 Å². The Morgan fingerprint density at radius 1 is 0.556 bits per heavy atom. The fraction of sp³-hybridized carbons (Fsp3) is 0. The molecule has 6 aromatic rings. The molecule has 170 valence electrons. The van der Waals surface area contributed by atoms with Crippen LogP contribution in [-0.2, 0) is 0 Å². The zero-order chi connectivity index (χ0) is 24.5. The van der Waals surface area contributed by atoms with E-state index in [2.05, 4.69) is 44.9 Å². The standard InChI is InChI=1S/C28H18N8/c29-15-31-21-5-1-3-19(11-21)27-33-23-9-7-17(13-25(23)35-27)18-8-10-24-26(14-18)36-28(34-24)20-4-2-6-22(12-20)32-16-30/h1-14,31-32H,(H,33,35)(H,34,36). The second-order valence-electron chi connectivity index (χ2n) is 8.27. The van der Waals surface area contributed by atoms with Crippen molar-refractivity contribution in [3.63, 3.8) is 0 Å². The van der Waals surface area contributed by atoms with E-state index in [1.165, 1.54) is 0 Å². The summed E-state index contributed by atoms with van der Waals surface area (Å²) in [5.41, 5.74) is 8.87. The van der Waals surface area contributed by atoms with E-state index in [9.17, 15) is 0 Å². The molecule has 2 aromatic heterocycles. The van der Waals surface area contributed by atoms with Crippen molar-refractivity contribution >= 4 is 33.4 Å². The van der Waals surface area contributed by atoms with Gasteiger partial charge in [-0.3, -0.25) is 10.6 Å². The van der Waals surface area contributed by atoms with E-state index in [0.717, 1.165) is 67.3 Å². The average molecular weight is 467 g/mol. The number of nitriles is 2. The molecule has 2 heterocycles. The van der Waals surface area contributed by atoms with Gasteiger partial charge in [0.25, 0.3) is 0 Å². The predicted molar refractivity (Wildman–Crippen MR) is 141 cm³/mol. The summed E-state index contributed by atoms with van der Waals surface area (Å²) in [6.07, 6.45) is 3.89. The van der Waals surface area contributed by atoms with Crippen LogP contribution in [-0.4, -0.2) is 19.9 Å². The highest BCUT2D eigenvalue weighted by Gasteiger charge is 2.10. The van der Waals surface area contributed by atoms with Crippen LogP contribution in [0.15, 0.2) is 84.9 Å². The molecule has 0 amide bonds. The van der Waals surface area contributed by atoms with Crippen molar-refractivity contribution in [3.05, 3.63) is 84.9 Å². The molecule has 0 aliphatic carbocycles. The fourth-order valence-electron chi connectivity index (χ4n) is 4.26. The summed E-state index contributed by atoms with van der Waals surface area (Å²) in [6, 6.07) is 27.4. The molecule has 0 atom stereocenters. The molecule has 8 nitrogen and oxygen atoms in total. The van der Waals surface area contributed by atoms with Gasteiger partial charge < -0.3 is 9.97 Å².